The van der Waals surface area contributed by atoms with Gasteiger partial charge in [-0.2, -0.15) is 0 Å². The molecule has 20 heavy (non-hydrogen) atoms. The largest absolute Gasteiger partial charge is 0.396 e. The fourth-order valence-electron chi connectivity index (χ4n) is 2.18. The molecule has 0 atom stereocenters. The SMILES string of the molecule is Nc1cnc(-n2c(CCCO)nc3ccccc32)cn1. The standard InChI is InChI=1S/C14H15N5O/c15-12-8-17-14(9-16-12)19-11-5-2-1-4-10(11)18-13(19)6-3-7-20/h1-2,4-5,8-9,20H,3,6-7H2,(H2,15,16). The molecule has 0 unspecified atom stereocenters. The fourth-order valence-corrected chi connectivity index (χ4v) is 2.18. The Kier molecular flexibility index (Phi) is 3.30. The van der Waals surface area contributed by atoms with Gasteiger partial charge in [-0.25, -0.2) is 15.0 Å². The molecular weight excluding hydrogens is 254 g/mol. The Hall–Kier alpha value is -2.47. The molecule has 0 saturated carbocycles. The lowest BCUT2D eigenvalue weighted by Gasteiger charge is -2.07. The monoisotopic (exact) mass is 269 g/mol. The van der Waals surface area contributed by atoms with Crippen LogP contribution in [0, 0.1) is 0 Å². The van der Waals surface area contributed by atoms with E-state index >= 15 is 0 Å². The normalized spacial score (nSPS) is 11.1. The van der Waals surface area contributed by atoms with Crippen molar-refractivity contribution < 1.29 is 5.11 Å². The van der Waals surface area contributed by atoms with Gasteiger partial charge in [-0.05, 0) is 18.6 Å². The van der Waals surface area contributed by atoms with E-state index in [-0.39, 0.29) is 6.61 Å². The first-order valence-electron chi connectivity index (χ1n) is 6.44. The Bertz CT molecular complexity index is 720. The minimum absolute atomic E-state index is 0.136. The molecule has 0 aliphatic carbocycles. The van der Waals surface area contributed by atoms with E-state index in [1.54, 1.807) is 6.20 Å². The number of rotatable bonds is 4. The van der Waals surface area contributed by atoms with Gasteiger partial charge < -0.3 is 10.8 Å². The second kappa shape index (κ2) is 5.26. The lowest BCUT2D eigenvalue weighted by atomic mass is 10.3. The van der Waals surface area contributed by atoms with Crippen molar-refractivity contribution in [3.05, 3.63) is 42.5 Å². The second-order valence-corrected chi connectivity index (χ2v) is 4.48. The number of aliphatic hydroxyl groups is 1. The number of anilines is 1. The number of para-hydroxylation sites is 2. The molecule has 3 aromatic rings. The van der Waals surface area contributed by atoms with Gasteiger partial charge in [0.2, 0.25) is 0 Å². The van der Waals surface area contributed by atoms with Crippen LogP contribution < -0.4 is 5.73 Å². The zero-order chi connectivity index (χ0) is 13.9. The highest BCUT2D eigenvalue weighted by molar-refractivity contribution is 5.77. The molecule has 0 aliphatic heterocycles. The van der Waals surface area contributed by atoms with Gasteiger partial charge in [0, 0.05) is 13.0 Å². The van der Waals surface area contributed by atoms with E-state index < -0.39 is 0 Å². The molecule has 0 saturated heterocycles. The Labute approximate surface area is 115 Å². The number of nitrogens with two attached hydrogens (primary N) is 1. The van der Waals surface area contributed by atoms with Crippen LogP contribution >= 0.6 is 0 Å². The van der Waals surface area contributed by atoms with Gasteiger partial charge in [0.05, 0.1) is 23.4 Å². The summed E-state index contributed by atoms with van der Waals surface area (Å²) < 4.78 is 1.96. The molecule has 0 radical (unpaired) electrons. The van der Waals surface area contributed by atoms with Gasteiger partial charge in [-0.15, -0.1) is 0 Å². The third kappa shape index (κ3) is 2.21. The summed E-state index contributed by atoms with van der Waals surface area (Å²) in [6.07, 6.45) is 4.49. The third-order valence-corrected chi connectivity index (χ3v) is 3.08. The maximum atomic E-state index is 9.02. The summed E-state index contributed by atoms with van der Waals surface area (Å²) in [4.78, 5) is 13.0. The van der Waals surface area contributed by atoms with E-state index in [2.05, 4.69) is 15.0 Å². The minimum Gasteiger partial charge on any atom is -0.396 e. The van der Waals surface area contributed by atoms with Crippen LogP contribution in [0.5, 0.6) is 0 Å². The molecule has 6 heteroatoms. The average Bonchev–Trinajstić information content (AvgIpc) is 2.84. The highest BCUT2D eigenvalue weighted by Crippen LogP contribution is 2.20. The minimum atomic E-state index is 0.136. The van der Waals surface area contributed by atoms with E-state index in [0.717, 1.165) is 16.9 Å². The molecule has 0 amide bonds. The Morgan fingerprint density at radius 1 is 1.15 bits per heavy atom. The number of benzene rings is 1. The molecule has 6 nitrogen and oxygen atoms in total. The summed E-state index contributed by atoms with van der Waals surface area (Å²) in [5.74, 6) is 1.93. The average molecular weight is 269 g/mol. The van der Waals surface area contributed by atoms with E-state index in [1.165, 1.54) is 6.20 Å². The number of aromatic nitrogens is 4. The van der Waals surface area contributed by atoms with Crippen LogP contribution in [-0.2, 0) is 6.42 Å². The van der Waals surface area contributed by atoms with Crippen molar-refractivity contribution in [3.8, 4) is 5.82 Å². The Balaban J connectivity index is 2.17. The lowest BCUT2D eigenvalue weighted by Crippen LogP contribution is -2.05. The molecule has 3 rings (SSSR count). The molecule has 0 bridgehead atoms. The first-order valence-corrected chi connectivity index (χ1v) is 6.44. The maximum absolute atomic E-state index is 9.02. The van der Waals surface area contributed by atoms with Crippen molar-refractivity contribution in [2.75, 3.05) is 12.3 Å². The summed E-state index contributed by atoms with van der Waals surface area (Å²) in [5, 5.41) is 9.02. The fraction of sp³-hybridized carbons (Fsp3) is 0.214. The summed E-state index contributed by atoms with van der Waals surface area (Å²) in [6.45, 7) is 0.136. The highest BCUT2D eigenvalue weighted by Gasteiger charge is 2.12. The molecule has 102 valence electrons. The summed E-state index contributed by atoms with van der Waals surface area (Å²) in [6, 6.07) is 7.85. The quantitative estimate of drug-likeness (QED) is 0.745. The molecule has 2 aromatic heterocycles. The first-order chi connectivity index (χ1) is 9.79. The van der Waals surface area contributed by atoms with Crippen molar-refractivity contribution in [2.24, 2.45) is 0 Å². The van der Waals surface area contributed by atoms with Crippen LogP contribution in [0.3, 0.4) is 0 Å². The topological polar surface area (TPSA) is 89.8 Å². The first kappa shape index (κ1) is 12.6. The number of hydrogen-bond donors (Lipinski definition) is 2. The van der Waals surface area contributed by atoms with Crippen molar-refractivity contribution in [1.29, 1.82) is 0 Å². The number of fused-ring (bicyclic) bond motifs is 1. The van der Waals surface area contributed by atoms with Gasteiger partial charge in [-0.3, -0.25) is 4.57 Å². The van der Waals surface area contributed by atoms with Crippen molar-refractivity contribution in [1.82, 2.24) is 19.5 Å². The summed E-state index contributed by atoms with van der Waals surface area (Å²) in [5.41, 5.74) is 7.45. The van der Waals surface area contributed by atoms with Crippen LogP contribution in [-0.4, -0.2) is 31.2 Å². The van der Waals surface area contributed by atoms with E-state index in [4.69, 9.17) is 10.8 Å². The summed E-state index contributed by atoms with van der Waals surface area (Å²) >= 11 is 0. The van der Waals surface area contributed by atoms with Crippen LogP contribution in [0.25, 0.3) is 16.9 Å². The van der Waals surface area contributed by atoms with E-state index in [9.17, 15) is 0 Å². The van der Waals surface area contributed by atoms with Crippen molar-refractivity contribution >= 4 is 16.9 Å². The predicted molar refractivity (Wildman–Crippen MR) is 76.5 cm³/mol. The molecule has 1 aromatic carbocycles. The van der Waals surface area contributed by atoms with Crippen LogP contribution in [0.1, 0.15) is 12.2 Å². The van der Waals surface area contributed by atoms with Crippen LogP contribution in [0.4, 0.5) is 5.82 Å². The number of nitrogen functional groups attached to an aromatic ring is 1. The molecule has 3 N–H and O–H groups in total. The van der Waals surface area contributed by atoms with Gasteiger partial charge in [0.15, 0.2) is 5.82 Å². The lowest BCUT2D eigenvalue weighted by molar-refractivity contribution is 0.287. The zero-order valence-corrected chi connectivity index (χ0v) is 10.9. The molecule has 0 spiro atoms. The molecule has 0 aliphatic rings. The predicted octanol–water partition coefficient (Wildman–Crippen LogP) is 1.32. The second-order valence-electron chi connectivity index (χ2n) is 4.48. The Morgan fingerprint density at radius 3 is 2.75 bits per heavy atom. The maximum Gasteiger partial charge on any atom is 0.157 e. The van der Waals surface area contributed by atoms with Crippen molar-refractivity contribution in [3.63, 3.8) is 0 Å². The number of aryl methyl sites for hydroxylation is 1. The van der Waals surface area contributed by atoms with E-state index in [1.807, 2.05) is 28.8 Å². The zero-order valence-electron chi connectivity index (χ0n) is 10.9. The number of imidazole rings is 1. The van der Waals surface area contributed by atoms with Crippen LogP contribution in [0.2, 0.25) is 0 Å². The Morgan fingerprint density at radius 2 is 2.00 bits per heavy atom. The van der Waals surface area contributed by atoms with Gasteiger partial charge in [-0.1, -0.05) is 12.1 Å². The number of hydrogen-bond acceptors (Lipinski definition) is 5. The van der Waals surface area contributed by atoms with Gasteiger partial charge >= 0.3 is 0 Å². The van der Waals surface area contributed by atoms with Crippen molar-refractivity contribution in [2.45, 2.75) is 12.8 Å². The molecular formula is C14H15N5O. The smallest absolute Gasteiger partial charge is 0.157 e. The van der Waals surface area contributed by atoms with Crippen LogP contribution in [0.15, 0.2) is 36.7 Å². The van der Waals surface area contributed by atoms with Gasteiger partial charge in [0.25, 0.3) is 0 Å². The third-order valence-electron chi connectivity index (χ3n) is 3.08. The summed E-state index contributed by atoms with van der Waals surface area (Å²) in [7, 11) is 0. The van der Waals surface area contributed by atoms with Gasteiger partial charge in [0.1, 0.15) is 11.6 Å². The number of aliphatic hydroxyl groups excluding tert-OH is 1. The molecule has 2 heterocycles. The molecule has 0 fully saturated rings. The number of nitrogens with zero attached hydrogens (tertiary/aromatic N) is 4. The van der Waals surface area contributed by atoms with E-state index in [0.29, 0.717) is 24.5 Å². The highest BCUT2D eigenvalue weighted by atomic mass is 16.2.